The molecular weight excluding hydrogens is 375 g/mol. The minimum absolute atomic E-state index is 0.191. The molecular formula is C22H19FN2O2S. The van der Waals surface area contributed by atoms with Gasteiger partial charge in [0.15, 0.2) is 10.7 Å². The molecule has 1 aromatic heterocycles. The third kappa shape index (κ3) is 3.20. The number of thiazole rings is 1. The Balaban J connectivity index is 1.70. The summed E-state index contributed by atoms with van der Waals surface area (Å²) < 4.78 is 19.3. The summed E-state index contributed by atoms with van der Waals surface area (Å²) in [6, 6.07) is 14.4. The Hall–Kier alpha value is -2.99. The van der Waals surface area contributed by atoms with Crippen LogP contribution in [0, 0.1) is 11.7 Å². The number of esters is 1. The molecule has 2 unspecified atom stereocenters. The van der Waals surface area contributed by atoms with Crippen molar-refractivity contribution in [2.24, 2.45) is 5.92 Å². The van der Waals surface area contributed by atoms with Gasteiger partial charge in [-0.25, -0.2) is 14.2 Å². The van der Waals surface area contributed by atoms with Crippen LogP contribution in [0.15, 0.2) is 66.8 Å². The van der Waals surface area contributed by atoms with Gasteiger partial charge in [0, 0.05) is 5.92 Å². The minimum atomic E-state index is -1.08. The molecule has 0 fully saturated rings. The molecule has 142 valence electrons. The first kappa shape index (κ1) is 18.4. The third-order valence-electron chi connectivity index (χ3n) is 4.97. The fraction of sp³-hybridized carbons (Fsp3) is 0.182. The molecule has 4 nitrogen and oxygen atoms in total. The van der Waals surface area contributed by atoms with Gasteiger partial charge in [-0.3, -0.25) is 0 Å². The van der Waals surface area contributed by atoms with E-state index in [-0.39, 0.29) is 11.7 Å². The van der Waals surface area contributed by atoms with E-state index in [2.05, 4.69) is 10.3 Å². The molecule has 0 radical (unpaired) electrons. The summed E-state index contributed by atoms with van der Waals surface area (Å²) in [5, 5.41) is 3.80. The van der Waals surface area contributed by atoms with Gasteiger partial charge in [-0.05, 0) is 35.4 Å². The van der Waals surface area contributed by atoms with Crippen LogP contribution in [0.4, 0.5) is 9.52 Å². The van der Waals surface area contributed by atoms with E-state index in [1.165, 1.54) is 30.6 Å². The van der Waals surface area contributed by atoms with Crippen molar-refractivity contribution < 1.29 is 13.9 Å². The highest BCUT2D eigenvalue weighted by Crippen LogP contribution is 2.37. The van der Waals surface area contributed by atoms with Gasteiger partial charge in [0.2, 0.25) is 0 Å². The van der Waals surface area contributed by atoms with Crippen LogP contribution in [-0.2, 0) is 9.53 Å². The Labute approximate surface area is 166 Å². The van der Waals surface area contributed by atoms with Crippen LogP contribution in [0.2, 0.25) is 0 Å². The maximum Gasteiger partial charge on any atom is 0.336 e. The number of aromatic nitrogens is 1. The number of halogens is 1. The number of hydrogen-bond donors (Lipinski definition) is 1. The topological polar surface area (TPSA) is 51.2 Å². The van der Waals surface area contributed by atoms with Crippen LogP contribution in [-0.4, -0.2) is 23.6 Å². The van der Waals surface area contributed by atoms with E-state index < -0.39 is 11.5 Å². The molecule has 0 spiro atoms. The summed E-state index contributed by atoms with van der Waals surface area (Å²) in [6.45, 7) is 1.96. The van der Waals surface area contributed by atoms with Gasteiger partial charge in [-0.2, -0.15) is 0 Å². The first-order valence-electron chi connectivity index (χ1n) is 8.91. The zero-order valence-electron chi connectivity index (χ0n) is 15.5. The normalized spacial score (nSPS) is 21.4. The number of benzene rings is 2. The fourth-order valence-corrected chi connectivity index (χ4v) is 4.37. The monoisotopic (exact) mass is 394 g/mol. The maximum absolute atomic E-state index is 13.5. The number of anilines is 1. The standard InChI is InChI=1S/C22H19FN2O2S/c1-14-12-16(15-6-4-3-5-7-15)10-11-22(14,20(26)27-2)25-21-24-18-9-8-17(23)13-19(18)28-21/h3-14H,1-2H3,(H,24,25). The number of nitrogens with zero attached hydrogens (tertiary/aromatic N) is 1. The van der Waals surface area contributed by atoms with Crippen LogP contribution in [0.5, 0.6) is 0 Å². The average Bonchev–Trinajstić information content (AvgIpc) is 3.10. The van der Waals surface area contributed by atoms with Crippen molar-refractivity contribution >= 4 is 38.2 Å². The Bertz CT molecular complexity index is 1090. The molecule has 1 aliphatic carbocycles. The molecule has 3 aromatic rings. The molecule has 6 heteroatoms. The fourth-order valence-electron chi connectivity index (χ4n) is 3.41. The largest absolute Gasteiger partial charge is 0.467 e. The van der Waals surface area contributed by atoms with Gasteiger partial charge in [0.1, 0.15) is 5.82 Å². The summed E-state index contributed by atoms with van der Waals surface area (Å²) in [4.78, 5) is 17.3. The van der Waals surface area contributed by atoms with Crippen LogP contribution < -0.4 is 5.32 Å². The second kappa shape index (κ2) is 7.20. The molecule has 2 atom stereocenters. The van der Waals surface area contributed by atoms with Crippen LogP contribution >= 0.6 is 11.3 Å². The van der Waals surface area contributed by atoms with Crippen LogP contribution in [0.3, 0.4) is 0 Å². The number of nitrogens with one attached hydrogen (secondary N) is 1. The summed E-state index contributed by atoms with van der Waals surface area (Å²) >= 11 is 1.31. The number of methoxy groups -OCH3 is 1. The van der Waals surface area contributed by atoms with E-state index in [1.807, 2.05) is 55.5 Å². The number of carbonyl (C=O) groups excluding carboxylic acids is 1. The highest BCUT2D eigenvalue weighted by Gasteiger charge is 2.44. The number of rotatable bonds is 4. The van der Waals surface area contributed by atoms with E-state index in [0.717, 1.165) is 15.8 Å². The van der Waals surface area contributed by atoms with Gasteiger partial charge in [0.05, 0.1) is 17.3 Å². The zero-order valence-corrected chi connectivity index (χ0v) is 16.3. The third-order valence-corrected chi connectivity index (χ3v) is 5.90. The molecule has 4 rings (SSSR count). The van der Waals surface area contributed by atoms with Gasteiger partial charge < -0.3 is 10.1 Å². The predicted molar refractivity (Wildman–Crippen MR) is 111 cm³/mol. The van der Waals surface area contributed by atoms with Crippen LogP contribution in [0.25, 0.3) is 15.8 Å². The van der Waals surface area contributed by atoms with Crippen molar-refractivity contribution in [1.82, 2.24) is 4.98 Å². The Kier molecular flexibility index (Phi) is 4.73. The molecule has 28 heavy (non-hydrogen) atoms. The molecule has 0 saturated carbocycles. The number of ether oxygens (including phenoxy) is 1. The highest BCUT2D eigenvalue weighted by atomic mass is 32.1. The lowest BCUT2D eigenvalue weighted by Crippen LogP contribution is -2.51. The van der Waals surface area contributed by atoms with Crippen molar-refractivity contribution in [3.8, 4) is 0 Å². The van der Waals surface area contributed by atoms with Gasteiger partial charge in [0.25, 0.3) is 0 Å². The Morgan fingerprint density at radius 3 is 2.75 bits per heavy atom. The second-order valence-corrected chi connectivity index (χ2v) is 7.76. The molecule has 0 amide bonds. The van der Waals surface area contributed by atoms with Gasteiger partial charge >= 0.3 is 5.97 Å². The lowest BCUT2D eigenvalue weighted by molar-refractivity contribution is -0.145. The van der Waals surface area contributed by atoms with Crippen molar-refractivity contribution in [1.29, 1.82) is 0 Å². The first-order valence-corrected chi connectivity index (χ1v) is 9.72. The number of fused-ring (bicyclic) bond motifs is 1. The Morgan fingerprint density at radius 2 is 2.04 bits per heavy atom. The smallest absolute Gasteiger partial charge is 0.336 e. The van der Waals surface area contributed by atoms with Crippen molar-refractivity contribution in [2.75, 3.05) is 12.4 Å². The lowest BCUT2D eigenvalue weighted by Gasteiger charge is -2.35. The Morgan fingerprint density at radius 1 is 1.25 bits per heavy atom. The molecule has 0 bridgehead atoms. The summed E-state index contributed by atoms with van der Waals surface area (Å²) in [5.74, 6) is -0.902. The van der Waals surface area contributed by atoms with Gasteiger partial charge in [-0.1, -0.05) is 60.7 Å². The lowest BCUT2D eigenvalue weighted by atomic mass is 9.78. The van der Waals surface area contributed by atoms with E-state index >= 15 is 0 Å². The number of hydrogen-bond acceptors (Lipinski definition) is 5. The van der Waals surface area contributed by atoms with E-state index in [1.54, 1.807) is 6.07 Å². The molecule has 2 aromatic carbocycles. The molecule has 1 N–H and O–H groups in total. The van der Waals surface area contributed by atoms with E-state index in [0.29, 0.717) is 10.6 Å². The molecule has 1 aliphatic rings. The van der Waals surface area contributed by atoms with Gasteiger partial charge in [-0.15, -0.1) is 0 Å². The molecule has 0 aliphatic heterocycles. The second-order valence-electron chi connectivity index (χ2n) is 6.73. The zero-order chi connectivity index (χ0) is 19.7. The molecule has 0 saturated heterocycles. The maximum atomic E-state index is 13.5. The first-order chi connectivity index (χ1) is 13.5. The van der Waals surface area contributed by atoms with Crippen molar-refractivity contribution in [3.05, 3.63) is 78.1 Å². The molecule has 1 heterocycles. The van der Waals surface area contributed by atoms with E-state index in [4.69, 9.17) is 4.74 Å². The highest BCUT2D eigenvalue weighted by molar-refractivity contribution is 7.22. The van der Waals surface area contributed by atoms with Crippen molar-refractivity contribution in [2.45, 2.75) is 12.5 Å². The summed E-state index contributed by atoms with van der Waals surface area (Å²) in [7, 11) is 1.37. The summed E-state index contributed by atoms with van der Waals surface area (Å²) in [6.07, 6.45) is 5.80. The van der Waals surface area contributed by atoms with E-state index in [9.17, 15) is 9.18 Å². The average molecular weight is 394 g/mol. The SMILES string of the molecule is COC(=O)C1(Nc2nc3ccc(F)cc3s2)C=CC(c2ccccc2)=CC1C. The summed E-state index contributed by atoms with van der Waals surface area (Å²) in [5.41, 5.74) is 1.72. The predicted octanol–water partition coefficient (Wildman–Crippen LogP) is 5.05. The van der Waals surface area contributed by atoms with Crippen LogP contribution in [0.1, 0.15) is 12.5 Å². The van der Waals surface area contributed by atoms with Crippen molar-refractivity contribution in [3.63, 3.8) is 0 Å². The number of carbonyl (C=O) groups is 1. The minimum Gasteiger partial charge on any atom is -0.467 e. The number of allylic oxidation sites excluding steroid dienone is 2. The quantitative estimate of drug-likeness (QED) is 0.629.